The molecule has 3 rings (SSSR count). The highest BCUT2D eigenvalue weighted by atomic mass is 32.1. The molecule has 5 N–H and O–H groups in total. The highest BCUT2D eigenvalue weighted by molar-refractivity contribution is 7.80. The minimum Gasteiger partial charge on any atom is -0.507 e. The second-order valence-corrected chi connectivity index (χ2v) is 8.21. The van der Waals surface area contributed by atoms with Gasteiger partial charge in [-0.2, -0.15) is 10.2 Å². The first-order valence-electron chi connectivity index (χ1n) is 10.7. The highest BCUT2D eigenvalue weighted by Gasteiger charge is 2.06. The van der Waals surface area contributed by atoms with E-state index in [0.29, 0.717) is 21.4 Å². The summed E-state index contributed by atoms with van der Waals surface area (Å²) in [5, 5.41) is 25.5. The molecule has 0 fully saturated rings. The lowest BCUT2D eigenvalue weighted by molar-refractivity contribution is 0.415. The maximum atomic E-state index is 10.7. The number of phenols is 1. The monoisotopic (exact) mass is 522 g/mol. The van der Waals surface area contributed by atoms with E-state index < -0.39 is 0 Å². The Bertz CT molecular complexity index is 1170. The number of aromatic hydroxyl groups is 1. The van der Waals surface area contributed by atoms with Gasteiger partial charge in [-0.15, -0.1) is 0 Å². The smallest absolute Gasteiger partial charge is 0.191 e. The zero-order valence-corrected chi connectivity index (χ0v) is 21.5. The Kier molecular flexibility index (Phi) is 9.55. The Balaban J connectivity index is 1.57. The van der Waals surface area contributed by atoms with Crippen molar-refractivity contribution < 1.29 is 14.6 Å². The number of methoxy groups -OCH3 is 2. The molecule has 0 aliphatic carbocycles. The third kappa shape index (κ3) is 7.93. The molecule has 3 aromatic rings. The van der Waals surface area contributed by atoms with E-state index in [1.54, 1.807) is 26.4 Å². The lowest BCUT2D eigenvalue weighted by atomic mass is 10.1. The molecule has 0 radical (unpaired) electrons. The Labute approximate surface area is 220 Å². The Morgan fingerprint density at radius 2 is 1.14 bits per heavy atom. The minimum atomic E-state index is 0.0137. The predicted molar refractivity (Wildman–Crippen MR) is 153 cm³/mol. The van der Waals surface area contributed by atoms with Crippen molar-refractivity contribution in [1.82, 2.24) is 10.9 Å². The molecule has 186 valence electrons. The maximum Gasteiger partial charge on any atom is 0.191 e. The van der Waals surface area contributed by atoms with E-state index in [9.17, 15) is 5.11 Å². The minimum absolute atomic E-state index is 0.0137. The van der Waals surface area contributed by atoms with Gasteiger partial charge in [-0.3, -0.25) is 10.9 Å². The molecule has 11 heteroatoms. The fraction of sp³-hybridized carbons (Fsp3) is 0.120. The number of hydrogen-bond acceptors (Lipinski definition) is 7. The average Bonchev–Trinajstić information content (AvgIpc) is 2.87. The van der Waals surface area contributed by atoms with Gasteiger partial charge in [0.2, 0.25) is 0 Å². The van der Waals surface area contributed by atoms with Gasteiger partial charge in [0.25, 0.3) is 0 Å². The number of nitrogens with zero attached hydrogens (tertiary/aromatic N) is 2. The summed E-state index contributed by atoms with van der Waals surface area (Å²) in [6, 6.07) is 18.2. The SMILES string of the molecule is COc1ccc(NC(=S)N/N=C\c2cc(C)cc(/C=N/NC(=S)Nc3ccc(OC)cc3)c2O)cc1. The predicted octanol–water partition coefficient (Wildman–Crippen LogP) is 4.36. The van der Waals surface area contributed by atoms with Crippen LogP contribution in [0.2, 0.25) is 0 Å². The van der Waals surface area contributed by atoms with E-state index in [4.69, 9.17) is 33.9 Å². The quantitative estimate of drug-likeness (QED) is 0.167. The average molecular weight is 523 g/mol. The summed E-state index contributed by atoms with van der Waals surface area (Å²) < 4.78 is 10.3. The van der Waals surface area contributed by atoms with E-state index in [1.165, 1.54) is 12.4 Å². The van der Waals surface area contributed by atoms with E-state index in [-0.39, 0.29) is 5.75 Å². The van der Waals surface area contributed by atoms with Crippen LogP contribution in [-0.4, -0.2) is 42.0 Å². The highest BCUT2D eigenvalue weighted by Crippen LogP contribution is 2.22. The first-order valence-corrected chi connectivity index (χ1v) is 11.5. The van der Waals surface area contributed by atoms with Gasteiger partial charge >= 0.3 is 0 Å². The number of hydrazone groups is 2. The molecule has 3 aromatic carbocycles. The van der Waals surface area contributed by atoms with E-state index in [1.807, 2.05) is 55.5 Å². The molecular weight excluding hydrogens is 496 g/mol. The number of ether oxygens (including phenoxy) is 2. The fourth-order valence-electron chi connectivity index (χ4n) is 3.02. The number of aryl methyl sites for hydroxylation is 1. The molecule has 9 nitrogen and oxygen atoms in total. The summed E-state index contributed by atoms with van der Waals surface area (Å²) in [5.74, 6) is 1.51. The van der Waals surface area contributed by atoms with Crippen LogP contribution >= 0.6 is 24.4 Å². The van der Waals surface area contributed by atoms with Crippen molar-refractivity contribution in [2.75, 3.05) is 24.9 Å². The lowest BCUT2D eigenvalue weighted by Crippen LogP contribution is -2.24. The van der Waals surface area contributed by atoms with Crippen LogP contribution < -0.4 is 31.0 Å². The van der Waals surface area contributed by atoms with Gasteiger partial charge in [-0.05, 0) is 97.6 Å². The second kappa shape index (κ2) is 13.0. The van der Waals surface area contributed by atoms with Crippen molar-refractivity contribution in [2.45, 2.75) is 6.92 Å². The van der Waals surface area contributed by atoms with Gasteiger partial charge in [0.05, 0.1) is 26.6 Å². The second-order valence-electron chi connectivity index (χ2n) is 7.40. The van der Waals surface area contributed by atoms with E-state index >= 15 is 0 Å². The van der Waals surface area contributed by atoms with Gasteiger partial charge in [0.15, 0.2) is 10.2 Å². The van der Waals surface area contributed by atoms with Crippen LogP contribution in [0, 0.1) is 6.92 Å². The van der Waals surface area contributed by atoms with Gasteiger partial charge in [0, 0.05) is 22.5 Å². The van der Waals surface area contributed by atoms with Crippen molar-refractivity contribution in [2.24, 2.45) is 10.2 Å². The molecule has 0 aliphatic heterocycles. The summed E-state index contributed by atoms with van der Waals surface area (Å²) >= 11 is 10.5. The summed E-state index contributed by atoms with van der Waals surface area (Å²) in [6.07, 6.45) is 2.95. The van der Waals surface area contributed by atoms with Crippen LogP contribution in [0.25, 0.3) is 0 Å². The van der Waals surface area contributed by atoms with Crippen LogP contribution in [0.5, 0.6) is 17.2 Å². The number of thiocarbonyl (C=S) groups is 2. The molecule has 0 atom stereocenters. The number of hydrogen-bond donors (Lipinski definition) is 5. The van der Waals surface area contributed by atoms with E-state index in [0.717, 1.165) is 28.4 Å². The van der Waals surface area contributed by atoms with Crippen LogP contribution in [0.3, 0.4) is 0 Å². The van der Waals surface area contributed by atoms with Crippen molar-refractivity contribution in [3.05, 3.63) is 77.4 Å². The molecule has 36 heavy (non-hydrogen) atoms. The number of anilines is 2. The first kappa shape index (κ1) is 26.4. The van der Waals surface area contributed by atoms with E-state index in [2.05, 4.69) is 31.7 Å². The molecule has 0 saturated carbocycles. The third-order valence-electron chi connectivity index (χ3n) is 4.75. The Hall–Kier alpha value is -4.22. The van der Waals surface area contributed by atoms with Crippen molar-refractivity contribution >= 4 is 58.5 Å². The topological polar surface area (TPSA) is 112 Å². The molecule has 0 unspecified atom stereocenters. The Morgan fingerprint density at radius 1 is 0.750 bits per heavy atom. The summed E-state index contributed by atoms with van der Waals surface area (Å²) in [7, 11) is 3.21. The molecule has 0 spiro atoms. The molecule has 0 aliphatic rings. The molecule has 0 amide bonds. The summed E-state index contributed by atoms with van der Waals surface area (Å²) in [6.45, 7) is 1.90. The number of phenolic OH excluding ortho intramolecular Hbond substituents is 1. The third-order valence-corrected chi connectivity index (χ3v) is 5.14. The van der Waals surface area contributed by atoms with Gasteiger partial charge < -0.3 is 25.2 Å². The standard InChI is InChI=1S/C25H26N6O3S2/c1-16-12-17(14-26-30-24(35)28-19-4-8-21(33-2)9-5-19)23(32)18(13-16)15-27-31-25(36)29-20-6-10-22(34-3)11-7-20/h4-15,32H,1-3H3,(H2,28,30,35)(H2,29,31,36)/b26-14-,27-15+. The first-order chi connectivity index (χ1) is 17.4. The van der Waals surface area contributed by atoms with Gasteiger partial charge in [0.1, 0.15) is 17.2 Å². The number of nitrogens with one attached hydrogen (secondary N) is 4. The maximum absolute atomic E-state index is 10.7. The van der Waals surface area contributed by atoms with Crippen LogP contribution in [0.1, 0.15) is 16.7 Å². The van der Waals surface area contributed by atoms with Crippen LogP contribution in [0.4, 0.5) is 11.4 Å². The van der Waals surface area contributed by atoms with Crippen molar-refractivity contribution in [3.63, 3.8) is 0 Å². The Morgan fingerprint density at radius 3 is 1.50 bits per heavy atom. The number of benzene rings is 3. The number of rotatable bonds is 8. The largest absolute Gasteiger partial charge is 0.507 e. The summed E-state index contributed by atoms with van der Waals surface area (Å²) in [4.78, 5) is 0. The van der Waals surface area contributed by atoms with Crippen LogP contribution in [-0.2, 0) is 0 Å². The van der Waals surface area contributed by atoms with Crippen LogP contribution in [0.15, 0.2) is 70.9 Å². The van der Waals surface area contributed by atoms with Crippen molar-refractivity contribution in [1.29, 1.82) is 0 Å². The molecule has 0 heterocycles. The fourth-order valence-corrected chi connectivity index (χ4v) is 3.36. The van der Waals surface area contributed by atoms with Gasteiger partial charge in [-0.1, -0.05) is 0 Å². The lowest BCUT2D eigenvalue weighted by Gasteiger charge is -2.09. The summed E-state index contributed by atoms with van der Waals surface area (Å²) in [5.41, 5.74) is 8.93. The molecular formula is C25H26N6O3S2. The zero-order valence-electron chi connectivity index (χ0n) is 19.9. The molecule has 0 bridgehead atoms. The molecule has 0 saturated heterocycles. The van der Waals surface area contributed by atoms with Crippen molar-refractivity contribution in [3.8, 4) is 17.2 Å². The molecule has 0 aromatic heterocycles. The zero-order chi connectivity index (χ0) is 25.9. The van der Waals surface area contributed by atoms with Gasteiger partial charge in [-0.25, -0.2) is 0 Å². The normalized spacial score (nSPS) is 10.8.